The van der Waals surface area contributed by atoms with Gasteiger partial charge in [0.2, 0.25) is 0 Å². The standard InChI is InChI=1S/C15H30IN/c1-12(2)15(4)9-6-7-14(16)17(5)11-13(3)8-10-15/h12-14H,6-11H2,1-5H3. The van der Waals surface area contributed by atoms with E-state index in [9.17, 15) is 0 Å². The van der Waals surface area contributed by atoms with Crippen LogP contribution < -0.4 is 0 Å². The second-order valence-corrected chi connectivity index (χ2v) is 8.16. The molecular formula is C15H30IN. The summed E-state index contributed by atoms with van der Waals surface area (Å²) in [4.78, 5) is 2.54. The van der Waals surface area contributed by atoms with Crippen LogP contribution in [0.2, 0.25) is 0 Å². The second kappa shape index (κ2) is 6.74. The molecule has 0 bridgehead atoms. The summed E-state index contributed by atoms with van der Waals surface area (Å²) in [6.45, 7) is 11.0. The minimum absolute atomic E-state index is 0.570. The Morgan fingerprint density at radius 3 is 2.47 bits per heavy atom. The minimum atomic E-state index is 0.570. The maximum absolute atomic E-state index is 2.62. The van der Waals surface area contributed by atoms with E-state index in [4.69, 9.17) is 0 Å². The number of halogens is 1. The van der Waals surface area contributed by atoms with Gasteiger partial charge in [-0.2, -0.15) is 0 Å². The average molecular weight is 351 g/mol. The lowest BCUT2D eigenvalue weighted by Crippen LogP contribution is -2.34. The lowest BCUT2D eigenvalue weighted by atomic mass is 9.71. The molecule has 0 aliphatic carbocycles. The zero-order valence-electron chi connectivity index (χ0n) is 12.3. The molecule has 0 radical (unpaired) electrons. The molecule has 0 aromatic carbocycles. The molecule has 1 nitrogen and oxygen atoms in total. The van der Waals surface area contributed by atoms with Gasteiger partial charge in [0.25, 0.3) is 0 Å². The van der Waals surface area contributed by atoms with Crippen molar-refractivity contribution in [1.82, 2.24) is 4.90 Å². The fourth-order valence-corrected chi connectivity index (χ4v) is 3.54. The minimum Gasteiger partial charge on any atom is -0.294 e. The number of rotatable bonds is 1. The van der Waals surface area contributed by atoms with E-state index in [1.807, 2.05) is 0 Å². The van der Waals surface area contributed by atoms with Crippen LogP contribution >= 0.6 is 22.6 Å². The molecule has 17 heavy (non-hydrogen) atoms. The van der Waals surface area contributed by atoms with Gasteiger partial charge in [-0.1, -0.05) is 56.7 Å². The molecule has 0 aromatic rings. The molecule has 0 saturated carbocycles. The Labute approximate surface area is 122 Å². The number of hydrogen-bond donors (Lipinski definition) is 0. The fourth-order valence-electron chi connectivity index (χ4n) is 2.87. The van der Waals surface area contributed by atoms with Crippen LogP contribution in [-0.4, -0.2) is 22.5 Å². The van der Waals surface area contributed by atoms with Crippen LogP contribution in [0.1, 0.15) is 59.8 Å². The summed E-state index contributed by atoms with van der Waals surface area (Å²) >= 11 is 2.62. The quantitative estimate of drug-likeness (QED) is 0.367. The molecule has 102 valence electrons. The van der Waals surface area contributed by atoms with Crippen molar-refractivity contribution in [2.75, 3.05) is 13.6 Å². The van der Waals surface area contributed by atoms with Crippen molar-refractivity contribution >= 4 is 22.6 Å². The fraction of sp³-hybridized carbons (Fsp3) is 1.00. The Morgan fingerprint density at radius 1 is 1.24 bits per heavy atom. The van der Waals surface area contributed by atoms with Crippen LogP contribution in [0.5, 0.6) is 0 Å². The van der Waals surface area contributed by atoms with Gasteiger partial charge in [0, 0.05) is 6.54 Å². The number of hydrogen-bond acceptors (Lipinski definition) is 1. The zero-order valence-corrected chi connectivity index (χ0v) is 14.5. The van der Waals surface area contributed by atoms with Crippen LogP contribution in [0.15, 0.2) is 0 Å². The molecular weight excluding hydrogens is 321 g/mol. The van der Waals surface area contributed by atoms with Gasteiger partial charge < -0.3 is 0 Å². The van der Waals surface area contributed by atoms with E-state index >= 15 is 0 Å². The van der Waals surface area contributed by atoms with Gasteiger partial charge in [0.1, 0.15) is 0 Å². The smallest absolute Gasteiger partial charge is 0.0616 e. The molecule has 0 amide bonds. The Kier molecular flexibility index (Phi) is 6.24. The summed E-state index contributed by atoms with van der Waals surface area (Å²) in [6.07, 6.45) is 6.95. The summed E-state index contributed by atoms with van der Waals surface area (Å²) < 4.78 is 0.726. The third-order valence-corrected chi connectivity index (χ3v) is 6.44. The molecule has 1 fully saturated rings. The van der Waals surface area contributed by atoms with Gasteiger partial charge in [0.05, 0.1) is 4.05 Å². The summed E-state index contributed by atoms with van der Waals surface area (Å²) in [7, 11) is 2.29. The first-order valence-electron chi connectivity index (χ1n) is 7.19. The molecule has 1 rings (SSSR count). The Bertz CT molecular complexity index is 229. The Hall–Kier alpha value is 0.690. The van der Waals surface area contributed by atoms with Crippen molar-refractivity contribution in [1.29, 1.82) is 0 Å². The zero-order chi connectivity index (χ0) is 13.1. The van der Waals surface area contributed by atoms with E-state index in [1.54, 1.807) is 0 Å². The van der Waals surface area contributed by atoms with Crippen molar-refractivity contribution in [3.63, 3.8) is 0 Å². The van der Waals surface area contributed by atoms with E-state index in [-0.39, 0.29) is 0 Å². The third-order valence-electron chi connectivity index (χ3n) is 4.87. The number of nitrogens with zero attached hydrogens (tertiary/aromatic N) is 1. The van der Waals surface area contributed by atoms with Crippen LogP contribution in [0, 0.1) is 17.3 Å². The van der Waals surface area contributed by atoms with Gasteiger partial charge in [-0.25, -0.2) is 0 Å². The van der Waals surface area contributed by atoms with E-state index in [0.717, 1.165) is 15.9 Å². The topological polar surface area (TPSA) is 3.24 Å². The highest BCUT2D eigenvalue weighted by Crippen LogP contribution is 2.40. The highest BCUT2D eigenvalue weighted by molar-refractivity contribution is 14.1. The molecule has 3 atom stereocenters. The normalized spacial score (nSPS) is 38.3. The summed E-state index contributed by atoms with van der Waals surface area (Å²) in [5.74, 6) is 1.66. The van der Waals surface area contributed by atoms with Crippen molar-refractivity contribution in [2.45, 2.75) is 63.8 Å². The second-order valence-electron chi connectivity index (χ2n) is 6.72. The molecule has 0 aromatic heterocycles. The predicted molar refractivity (Wildman–Crippen MR) is 85.6 cm³/mol. The average Bonchev–Trinajstić information content (AvgIpc) is 2.25. The molecule has 1 heterocycles. The van der Waals surface area contributed by atoms with E-state index in [0.29, 0.717) is 5.41 Å². The van der Waals surface area contributed by atoms with Gasteiger partial charge >= 0.3 is 0 Å². The van der Waals surface area contributed by atoms with E-state index < -0.39 is 0 Å². The molecule has 3 unspecified atom stereocenters. The van der Waals surface area contributed by atoms with Crippen LogP contribution in [0.3, 0.4) is 0 Å². The maximum Gasteiger partial charge on any atom is 0.0616 e. The largest absolute Gasteiger partial charge is 0.294 e. The molecule has 1 saturated heterocycles. The summed E-state index contributed by atoms with van der Waals surface area (Å²) in [5.41, 5.74) is 0.570. The van der Waals surface area contributed by atoms with Crippen molar-refractivity contribution < 1.29 is 0 Å². The first kappa shape index (κ1) is 15.7. The molecule has 0 N–H and O–H groups in total. The Balaban J connectivity index is 2.67. The van der Waals surface area contributed by atoms with Crippen LogP contribution in [-0.2, 0) is 0 Å². The highest BCUT2D eigenvalue weighted by Gasteiger charge is 2.29. The SMILES string of the molecule is CC1CCC(C)(C(C)C)CCCC(I)N(C)C1. The van der Waals surface area contributed by atoms with Gasteiger partial charge in [-0.15, -0.1) is 0 Å². The van der Waals surface area contributed by atoms with Gasteiger partial charge in [-0.3, -0.25) is 4.90 Å². The monoisotopic (exact) mass is 351 g/mol. The first-order valence-corrected chi connectivity index (χ1v) is 8.44. The van der Waals surface area contributed by atoms with Crippen LogP contribution in [0.4, 0.5) is 0 Å². The summed E-state index contributed by atoms with van der Waals surface area (Å²) in [5, 5.41) is 0. The lowest BCUT2D eigenvalue weighted by molar-refractivity contribution is 0.138. The third kappa shape index (κ3) is 4.70. The Morgan fingerprint density at radius 2 is 1.88 bits per heavy atom. The number of alkyl halides is 1. The first-order chi connectivity index (χ1) is 7.85. The van der Waals surface area contributed by atoms with Gasteiger partial charge in [0.15, 0.2) is 0 Å². The highest BCUT2D eigenvalue weighted by atomic mass is 127. The van der Waals surface area contributed by atoms with E-state index in [1.165, 1.54) is 38.6 Å². The van der Waals surface area contributed by atoms with Crippen LogP contribution in [0.25, 0.3) is 0 Å². The lowest BCUT2D eigenvalue weighted by Gasteiger charge is -2.38. The molecule has 1 aliphatic heterocycles. The van der Waals surface area contributed by atoms with Crippen molar-refractivity contribution in [3.05, 3.63) is 0 Å². The molecule has 0 spiro atoms. The maximum atomic E-state index is 2.62. The predicted octanol–water partition coefficient (Wildman–Crippen LogP) is 4.94. The summed E-state index contributed by atoms with van der Waals surface area (Å²) in [6, 6.07) is 0. The molecule has 2 heteroatoms. The van der Waals surface area contributed by atoms with Crippen molar-refractivity contribution in [2.24, 2.45) is 17.3 Å². The van der Waals surface area contributed by atoms with Gasteiger partial charge in [-0.05, 0) is 50.0 Å². The van der Waals surface area contributed by atoms with E-state index in [2.05, 4.69) is 62.2 Å². The molecule has 1 aliphatic rings. The van der Waals surface area contributed by atoms with Crippen molar-refractivity contribution in [3.8, 4) is 0 Å².